The molecule has 2 aromatic rings. The number of amides is 1. The zero-order valence-corrected chi connectivity index (χ0v) is 15.0. The molecule has 0 aromatic heterocycles. The van der Waals surface area contributed by atoms with Crippen molar-refractivity contribution >= 4 is 17.6 Å². The van der Waals surface area contributed by atoms with Crippen LogP contribution in [0.3, 0.4) is 0 Å². The number of ether oxygens (including phenoxy) is 2. The summed E-state index contributed by atoms with van der Waals surface area (Å²) in [7, 11) is 1.58. The average Bonchev–Trinajstić information content (AvgIpc) is 2.72. The van der Waals surface area contributed by atoms with Gasteiger partial charge in [0.25, 0.3) is 0 Å². The summed E-state index contributed by atoms with van der Waals surface area (Å²) in [5.41, 5.74) is 1.53. The van der Waals surface area contributed by atoms with Gasteiger partial charge in [-0.1, -0.05) is 30.3 Å². The van der Waals surface area contributed by atoms with Crippen LogP contribution in [0.5, 0.6) is 5.75 Å². The van der Waals surface area contributed by atoms with E-state index in [9.17, 15) is 9.59 Å². The van der Waals surface area contributed by atoms with Crippen molar-refractivity contribution in [3.63, 3.8) is 0 Å². The fourth-order valence-electron chi connectivity index (χ4n) is 3.43. The number of nitrogens with zero attached hydrogens (tertiary/aromatic N) is 2. The second-order valence-corrected chi connectivity index (χ2v) is 6.23. The normalized spacial score (nSPS) is 19.3. The molecular weight excluding hydrogens is 344 g/mol. The van der Waals surface area contributed by atoms with Gasteiger partial charge < -0.3 is 14.4 Å². The predicted octanol–water partition coefficient (Wildman–Crippen LogP) is 3.25. The molecule has 1 aliphatic rings. The monoisotopic (exact) mass is 364 g/mol. The van der Waals surface area contributed by atoms with Crippen molar-refractivity contribution in [2.24, 2.45) is 5.92 Å². The van der Waals surface area contributed by atoms with E-state index in [0.717, 1.165) is 5.56 Å². The Morgan fingerprint density at radius 2 is 1.89 bits per heavy atom. The molecule has 1 fully saturated rings. The van der Waals surface area contributed by atoms with E-state index in [1.54, 1.807) is 36.3 Å². The Balaban J connectivity index is 2.02. The van der Waals surface area contributed by atoms with Crippen molar-refractivity contribution in [1.82, 2.24) is 0 Å². The number of anilines is 1. The van der Waals surface area contributed by atoms with Crippen LogP contribution in [-0.4, -0.2) is 25.6 Å². The van der Waals surface area contributed by atoms with E-state index in [4.69, 9.17) is 14.7 Å². The smallest absolute Gasteiger partial charge is 0.312 e. The Kier molecular flexibility index (Phi) is 5.72. The first-order valence-corrected chi connectivity index (χ1v) is 8.70. The maximum absolute atomic E-state index is 12.8. The van der Waals surface area contributed by atoms with Gasteiger partial charge in [0.15, 0.2) is 6.61 Å². The van der Waals surface area contributed by atoms with Crippen LogP contribution in [0.4, 0.5) is 5.69 Å². The SMILES string of the molecule is COc1ccc(N2C(=O)CC[C@H](C(=O)OCC#N)[C@H]2c2ccccc2)cc1. The number of carbonyl (C=O) groups is 2. The minimum absolute atomic E-state index is 0.0571. The number of piperidine rings is 1. The number of nitriles is 1. The molecule has 1 heterocycles. The van der Waals surface area contributed by atoms with Gasteiger partial charge in [0.1, 0.15) is 11.8 Å². The quantitative estimate of drug-likeness (QED) is 0.761. The Morgan fingerprint density at radius 1 is 1.19 bits per heavy atom. The van der Waals surface area contributed by atoms with Gasteiger partial charge in [-0.05, 0) is 36.2 Å². The van der Waals surface area contributed by atoms with Crippen LogP contribution >= 0.6 is 0 Å². The third kappa shape index (κ3) is 3.93. The summed E-state index contributed by atoms with van der Waals surface area (Å²) >= 11 is 0. The van der Waals surface area contributed by atoms with E-state index in [1.165, 1.54) is 0 Å². The van der Waals surface area contributed by atoms with Crippen LogP contribution < -0.4 is 9.64 Å². The Hall–Kier alpha value is -3.33. The third-order valence-corrected chi connectivity index (χ3v) is 4.67. The molecular formula is C21H20N2O4. The number of methoxy groups -OCH3 is 1. The van der Waals surface area contributed by atoms with Crippen molar-refractivity contribution in [3.8, 4) is 11.8 Å². The standard InChI is InChI=1S/C21H20N2O4/c1-26-17-9-7-16(8-10-17)23-19(24)12-11-18(21(25)27-14-13-22)20(23)15-5-3-2-4-6-15/h2-10,18,20H,11-12,14H2,1H3/t18-,20+/m0/s1. The van der Waals surface area contributed by atoms with Crippen LogP contribution in [0, 0.1) is 17.2 Å². The summed E-state index contributed by atoms with van der Waals surface area (Å²) in [6.45, 7) is -0.298. The second kappa shape index (κ2) is 8.37. The molecule has 1 amide bonds. The summed E-state index contributed by atoms with van der Waals surface area (Å²) in [4.78, 5) is 27.0. The summed E-state index contributed by atoms with van der Waals surface area (Å²) in [5, 5.41) is 8.71. The van der Waals surface area contributed by atoms with Crippen LogP contribution in [0.15, 0.2) is 54.6 Å². The maximum atomic E-state index is 12.8. The molecule has 27 heavy (non-hydrogen) atoms. The Bertz CT molecular complexity index is 843. The number of esters is 1. The number of benzene rings is 2. The molecule has 0 radical (unpaired) electrons. The van der Waals surface area contributed by atoms with Crippen molar-refractivity contribution in [2.75, 3.05) is 18.6 Å². The molecule has 138 valence electrons. The molecule has 0 unspecified atom stereocenters. The molecule has 0 spiro atoms. The summed E-state index contributed by atoms with van der Waals surface area (Å²) in [5.74, 6) is -0.375. The molecule has 0 saturated carbocycles. The van der Waals surface area contributed by atoms with Crippen molar-refractivity contribution in [2.45, 2.75) is 18.9 Å². The van der Waals surface area contributed by atoms with Crippen molar-refractivity contribution < 1.29 is 19.1 Å². The van der Waals surface area contributed by atoms with E-state index in [2.05, 4.69) is 0 Å². The molecule has 1 saturated heterocycles. The topological polar surface area (TPSA) is 79.6 Å². The molecule has 3 rings (SSSR count). The molecule has 2 aromatic carbocycles. The number of hydrogen-bond acceptors (Lipinski definition) is 5. The fraction of sp³-hybridized carbons (Fsp3) is 0.286. The summed E-state index contributed by atoms with van der Waals surface area (Å²) < 4.78 is 10.3. The Labute approximate surface area is 157 Å². The van der Waals surface area contributed by atoms with E-state index >= 15 is 0 Å². The third-order valence-electron chi connectivity index (χ3n) is 4.67. The van der Waals surface area contributed by atoms with E-state index in [0.29, 0.717) is 17.9 Å². The summed E-state index contributed by atoms with van der Waals surface area (Å²) in [6.07, 6.45) is 0.622. The zero-order chi connectivity index (χ0) is 19.2. The molecule has 0 aliphatic carbocycles. The van der Waals surface area contributed by atoms with E-state index < -0.39 is 17.9 Å². The highest BCUT2D eigenvalue weighted by atomic mass is 16.5. The summed E-state index contributed by atoms with van der Waals surface area (Å²) in [6, 6.07) is 17.9. The van der Waals surface area contributed by atoms with Crippen LogP contribution in [-0.2, 0) is 14.3 Å². The lowest BCUT2D eigenvalue weighted by molar-refractivity contribution is -0.149. The molecule has 1 aliphatic heterocycles. The predicted molar refractivity (Wildman–Crippen MR) is 99.0 cm³/mol. The van der Waals surface area contributed by atoms with Crippen molar-refractivity contribution in [3.05, 3.63) is 60.2 Å². The minimum atomic E-state index is -0.541. The van der Waals surface area contributed by atoms with Crippen LogP contribution in [0.25, 0.3) is 0 Å². The van der Waals surface area contributed by atoms with Gasteiger partial charge in [0.05, 0.1) is 19.1 Å². The number of hydrogen-bond donors (Lipinski definition) is 0. The fourth-order valence-corrected chi connectivity index (χ4v) is 3.43. The highest BCUT2D eigenvalue weighted by molar-refractivity contribution is 5.97. The minimum Gasteiger partial charge on any atom is -0.497 e. The van der Waals surface area contributed by atoms with E-state index in [-0.39, 0.29) is 18.9 Å². The van der Waals surface area contributed by atoms with Crippen LogP contribution in [0.2, 0.25) is 0 Å². The molecule has 6 nitrogen and oxygen atoms in total. The average molecular weight is 364 g/mol. The van der Waals surface area contributed by atoms with Crippen LogP contribution in [0.1, 0.15) is 24.4 Å². The molecule has 2 atom stereocenters. The first-order chi connectivity index (χ1) is 13.2. The molecule has 0 N–H and O–H groups in total. The largest absolute Gasteiger partial charge is 0.497 e. The Morgan fingerprint density at radius 3 is 2.52 bits per heavy atom. The lowest BCUT2D eigenvalue weighted by Crippen LogP contribution is -2.46. The number of carbonyl (C=O) groups excluding carboxylic acids is 2. The van der Waals surface area contributed by atoms with Gasteiger partial charge in [0, 0.05) is 12.1 Å². The van der Waals surface area contributed by atoms with Gasteiger partial charge in [-0.25, -0.2) is 0 Å². The van der Waals surface area contributed by atoms with Gasteiger partial charge in [-0.15, -0.1) is 0 Å². The first-order valence-electron chi connectivity index (χ1n) is 8.70. The van der Waals surface area contributed by atoms with Crippen molar-refractivity contribution in [1.29, 1.82) is 5.26 Å². The second-order valence-electron chi connectivity index (χ2n) is 6.23. The van der Waals surface area contributed by atoms with E-state index in [1.807, 2.05) is 36.4 Å². The zero-order valence-electron chi connectivity index (χ0n) is 15.0. The van der Waals surface area contributed by atoms with Gasteiger partial charge in [-0.3, -0.25) is 9.59 Å². The highest BCUT2D eigenvalue weighted by Crippen LogP contribution is 2.40. The lowest BCUT2D eigenvalue weighted by Gasteiger charge is -2.40. The van der Waals surface area contributed by atoms with Gasteiger partial charge in [-0.2, -0.15) is 5.26 Å². The molecule has 6 heteroatoms. The highest BCUT2D eigenvalue weighted by Gasteiger charge is 2.42. The van der Waals surface area contributed by atoms with Gasteiger partial charge in [0.2, 0.25) is 5.91 Å². The maximum Gasteiger partial charge on any atom is 0.312 e. The lowest BCUT2D eigenvalue weighted by atomic mass is 9.84. The molecule has 0 bridgehead atoms. The first kappa shape index (κ1) is 18.5. The number of rotatable bonds is 5. The van der Waals surface area contributed by atoms with Gasteiger partial charge >= 0.3 is 5.97 Å².